The average Bonchev–Trinajstić information content (AvgIpc) is 3.55. The van der Waals surface area contributed by atoms with Crippen LogP contribution >= 0.6 is 48.8 Å². The van der Waals surface area contributed by atoms with E-state index in [0.717, 1.165) is 23.5 Å². The third kappa shape index (κ3) is 8.91. The Bertz CT molecular complexity index is 1290. The number of thioether (sulfide) groups is 2. The van der Waals surface area contributed by atoms with E-state index in [1.54, 1.807) is 36.4 Å². The number of allylic oxidation sites excluding steroid dienone is 2. The Morgan fingerprint density at radius 1 is 0.545 bits per heavy atom. The summed E-state index contributed by atoms with van der Waals surface area (Å²) in [5, 5.41) is 0. The van der Waals surface area contributed by atoms with E-state index < -0.39 is 11.9 Å². The summed E-state index contributed by atoms with van der Waals surface area (Å²) in [6.07, 6.45) is 0. The van der Waals surface area contributed by atoms with E-state index in [-0.39, 0.29) is 58.9 Å². The molecule has 10 nitrogen and oxygen atoms in total. The number of hydrogen-bond donors (Lipinski definition) is 2. The van der Waals surface area contributed by atoms with E-state index in [2.05, 4.69) is 25.3 Å². The van der Waals surface area contributed by atoms with Crippen molar-refractivity contribution < 1.29 is 47.6 Å². The minimum Gasteiger partial charge on any atom is -0.460 e. The van der Waals surface area contributed by atoms with Crippen LogP contribution in [0.1, 0.15) is 41.4 Å². The number of fused-ring (bicyclic) bond motifs is 2. The number of rotatable bonds is 18. The van der Waals surface area contributed by atoms with Crippen LogP contribution in [0.3, 0.4) is 0 Å². The first-order valence-electron chi connectivity index (χ1n) is 13.8. The highest BCUT2D eigenvalue weighted by Crippen LogP contribution is 2.51. The van der Waals surface area contributed by atoms with Crippen molar-refractivity contribution in [3.05, 3.63) is 68.5 Å². The van der Waals surface area contributed by atoms with Crippen LogP contribution in [-0.4, -0.2) is 101 Å². The SMILES string of the molecule is O=C(OCCOCCOCCS)c1cccc2c1S/C(=C1/Sc3c(C(=O)OCCOCCOCCS)cccc3C1=O)C2=O. The van der Waals surface area contributed by atoms with Gasteiger partial charge in [-0.2, -0.15) is 25.3 Å². The second-order valence-corrected chi connectivity index (χ2v) is 12.0. The van der Waals surface area contributed by atoms with Crippen LogP contribution in [0.5, 0.6) is 0 Å². The number of esters is 2. The number of thiol groups is 2. The van der Waals surface area contributed by atoms with Gasteiger partial charge in [-0.15, -0.1) is 0 Å². The molecule has 236 valence electrons. The Morgan fingerprint density at radius 3 is 1.30 bits per heavy atom. The van der Waals surface area contributed by atoms with Crippen LogP contribution in [0.15, 0.2) is 56.0 Å². The monoisotopic (exact) mass is 680 g/mol. The lowest BCUT2D eigenvalue weighted by atomic mass is 10.0. The molecule has 2 aromatic rings. The second kappa shape index (κ2) is 18.0. The van der Waals surface area contributed by atoms with Gasteiger partial charge in [0.05, 0.1) is 73.8 Å². The second-order valence-electron chi connectivity index (χ2n) is 9.05. The predicted molar refractivity (Wildman–Crippen MR) is 172 cm³/mol. The Morgan fingerprint density at radius 2 is 0.909 bits per heavy atom. The molecule has 2 aromatic carbocycles. The van der Waals surface area contributed by atoms with Crippen molar-refractivity contribution in [2.75, 3.05) is 77.6 Å². The summed E-state index contributed by atoms with van der Waals surface area (Å²) in [6.45, 7) is 3.07. The number of ketones is 2. The lowest BCUT2D eigenvalue weighted by molar-refractivity contribution is 0.0161. The van der Waals surface area contributed by atoms with Crippen molar-refractivity contribution in [3.8, 4) is 0 Å². The molecule has 0 N–H and O–H groups in total. The number of Topliss-reactive ketones (excluding diaryl/α,β-unsaturated/α-hetero) is 2. The normalized spacial score (nSPS) is 15.4. The van der Waals surface area contributed by atoms with Gasteiger partial charge in [-0.25, -0.2) is 9.59 Å². The molecule has 0 aromatic heterocycles. The van der Waals surface area contributed by atoms with Gasteiger partial charge in [0.1, 0.15) is 13.2 Å². The molecule has 0 bridgehead atoms. The van der Waals surface area contributed by atoms with Crippen molar-refractivity contribution in [3.63, 3.8) is 0 Å². The van der Waals surface area contributed by atoms with Crippen molar-refractivity contribution in [1.29, 1.82) is 0 Å². The maximum absolute atomic E-state index is 13.4. The summed E-state index contributed by atoms with van der Waals surface area (Å²) in [5.74, 6) is -0.691. The Balaban J connectivity index is 1.37. The Hall–Kier alpha value is -2.30. The zero-order valence-electron chi connectivity index (χ0n) is 23.7. The van der Waals surface area contributed by atoms with E-state index in [4.69, 9.17) is 28.4 Å². The molecule has 0 saturated carbocycles. The molecule has 4 rings (SSSR count). The average molecular weight is 681 g/mol. The molecule has 0 amide bonds. The standard InChI is InChI=1S/C30H32O10S4/c31-23-19-3-1-5-21(29(33)39-13-11-35-7-9-37-15-17-41)25(19)43-27(23)28-24(32)20-4-2-6-22(26(20)44-28)30(34)40-14-12-36-8-10-38-16-18-42/h1-6,41-42H,7-18H2/b28-27+. The topological polar surface area (TPSA) is 124 Å². The number of carbonyl (C=O) groups excluding carboxylic acids is 4. The summed E-state index contributed by atoms with van der Waals surface area (Å²) in [5.41, 5.74) is 1.07. The van der Waals surface area contributed by atoms with Crippen LogP contribution in [-0.2, 0) is 28.4 Å². The zero-order valence-corrected chi connectivity index (χ0v) is 27.2. The van der Waals surface area contributed by atoms with Crippen LogP contribution in [0, 0.1) is 0 Å². The molecule has 0 unspecified atom stereocenters. The van der Waals surface area contributed by atoms with E-state index in [1.807, 2.05) is 0 Å². The molecule has 0 spiro atoms. The van der Waals surface area contributed by atoms with Gasteiger partial charge >= 0.3 is 11.9 Å². The minimum atomic E-state index is -0.601. The summed E-state index contributed by atoms with van der Waals surface area (Å²) in [6, 6.07) is 9.57. The molecular formula is C30H32O10S4. The van der Waals surface area contributed by atoms with Crippen molar-refractivity contribution >= 4 is 72.3 Å². The fourth-order valence-corrected chi connectivity index (χ4v) is 6.89. The molecule has 0 aliphatic carbocycles. The zero-order chi connectivity index (χ0) is 31.3. The first-order valence-corrected chi connectivity index (χ1v) is 16.7. The third-order valence-electron chi connectivity index (χ3n) is 6.12. The van der Waals surface area contributed by atoms with Crippen LogP contribution in [0.4, 0.5) is 0 Å². The van der Waals surface area contributed by atoms with E-state index in [9.17, 15) is 19.2 Å². The highest BCUT2D eigenvalue weighted by Gasteiger charge is 2.39. The molecular weight excluding hydrogens is 649 g/mol. The van der Waals surface area contributed by atoms with Crippen molar-refractivity contribution in [2.45, 2.75) is 9.79 Å². The summed E-state index contributed by atoms with van der Waals surface area (Å²) >= 11 is 10.2. The van der Waals surface area contributed by atoms with Crippen molar-refractivity contribution in [1.82, 2.24) is 0 Å². The van der Waals surface area contributed by atoms with Crippen molar-refractivity contribution in [2.24, 2.45) is 0 Å². The van der Waals surface area contributed by atoms with Crippen LogP contribution in [0.25, 0.3) is 0 Å². The van der Waals surface area contributed by atoms with Gasteiger partial charge in [0.25, 0.3) is 0 Å². The predicted octanol–water partition coefficient (Wildman–Crippen LogP) is 4.41. The maximum Gasteiger partial charge on any atom is 0.339 e. The molecule has 0 radical (unpaired) electrons. The molecule has 2 aliphatic rings. The Labute approximate surface area is 274 Å². The van der Waals surface area contributed by atoms with Gasteiger partial charge in [-0.3, -0.25) is 9.59 Å². The van der Waals surface area contributed by atoms with Gasteiger partial charge < -0.3 is 28.4 Å². The fourth-order valence-electron chi connectivity index (χ4n) is 4.13. The summed E-state index contributed by atoms with van der Waals surface area (Å²) in [4.78, 5) is 53.8. The summed E-state index contributed by atoms with van der Waals surface area (Å²) < 4.78 is 32.1. The first-order chi connectivity index (χ1) is 21.5. The van der Waals surface area contributed by atoms with E-state index in [0.29, 0.717) is 72.1 Å². The molecule has 0 fully saturated rings. The largest absolute Gasteiger partial charge is 0.460 e. The molecule has 0 saturated heterocycles. The molecule has 44 heavy (non-hydrogen) atoms. The van der Waals surface area contributed by atoms with Gasteiger partial charge in [0.2, 0.25) is 11.6 Å². The van der Waals surface area contributed by atoms with Gasteiger partial charge in [-0.1, -0.05) is 35.7 Å². The lowest BCUT2D eigenvalue weighted by Crippen LogP contribution is -2.14. The third-order valence-corrected chi connectivity index (χ3v) is 9.09. The quantitative estimate of drug-likeness (QED) is 0.100. The number of hydrogen-bond acceptors (Lipinski definition) is 14. The number of carbonyl (C=O) groups is 4. The first kappa shape index (κ1) is 34.6. The molecule has 2 aliphatic heterocycles. The highest BCUT2D eigenvalue weighted by atomic mass is 32.2. The van der Waals surface area contributed by atoms with Gasteiger partial charge in [0.15, 0.2) is 0 Å². The fraction of sp³-hybridized carbons (Fsp3) is 0.400. The van der Waals surface area contributed by atoms with Crippen LogP contribution in [0.2, 0.25) is 0 Å². The van der Waals surface area contributed by atoms with E-state index >= 15 is 0 Å². The van der Waals surface area contributed by atoms with Gasteiger partial charge in [0, 0.05) is 32.4 Å². The highest BCUT2D eigenvalue weighted by molar-refractivity contribution is 8.08. The lowest BCUT2D eigenvalue weighted by Gasteiger charge is -2.09. The molecule has 0 atom stereocenters. The smallest absolute Gasteiger partial charge is 0.339 e. The minimum absolute atomic E-state index is 0.0289. The number of benzene rings is 2. The van der Waals surface area contributed by atoms with Crippen LogP contribution < -0.4 is 0 Å². The van der Waals surface area contributed by atoms with E-state index in [1.165, 1.54) is 0 Å². The maximum atomic E-state index is 13.4. The number of ether oxygens (including phenoxy) is 6. The Kier molecular flexibility index (Phi) is 14.1. The molecule has 2 heterocycles. The molecule has 14 heteroatoms. The summed E-state index contributed by atoms with van der Waals surface area (Å²) in [7, 11) is 0. The van der Waals surface area contributed by atoms with Gasteiger partial charge in [-0.05, 0) is 24.3 Å².